The number of rotatable bonds is 9. The predicted octanol–water partition coefficient (Wildman–Crippen LogP) is 3.59. The highest BCUT2D eigenvalue weighted by Crippen LogP contribution is 2.13. The molecule has 24 heavy (non-hydrogen) atoms. The number of hydrogen-bond donors (Lipinski definition) is 2. The van der Waals surface area contributed by atoms with E-state index in [9.17, 15) is 0 Å². The zero-order valence-corrected chi connectivity index (χ0v) is 18.2. The van der Waals surface area contributed by atoms with Crippen LogP contribution < -0.4 is 10.6 Å². The molecule has 2 rings (SSSR count). The van der Waals surface area contributed by atoms with E-state index >= 15 is 0 Å². The quantitative estimate of drug-likeness (QED) is 0.254. The number of aliphatic imine (C=N–C) groups is 1. The number of unbranched alkanes of at least 4 members (excludes halogenated alkanes) is 1. The first kappa shape index (κ1) is 21.7. The summed E-state index contributed by atoms with van der Waals surface area (Å²) in [6.45, 7) is 8.12. The monoisotopic (exact) mass is 464 g/mol. The highest BCUT2D eigenvalue weighted by atomic mass is 127. The van der Waals surface area contributed by atoms with Crippen molar-refractivity contribution in [3.05, 3.63) is 22.4 Å². The van der Waals surface area contributed by atoms with Crippen LogP contribution in [0.5, 0.6) is 0 Å². The maximum Gasteiger partial charge on any atom is 0.190 e. The van der Waals surface area contributed by atoms with Crippen molar-refractivity contribution < 1.29 is 0 Å². The van der Waals surface area contributed by atoms with Crippen LogP contribution in [-0.2, 0) is 6.42 Å². The molecule has 2 heterocycles. The fraction of sp³-hybridized carbons (Fsp3) is 0.722. The van der Waals surface area contributed by atoms with Gasteiger partial charge in [0.25, 0.3) is 0 Å². The zero-order chi connectivity index (χ0) is 16.3. The van der Waals surface area contributed by atoms with Gasteiger partial charge in [-0.2, -0.15) is 0 Å². The third kappa shape index (κ3) is 8.67. The van der Waals surface area contributed by atoms with Crippen molar-refractivity contribution in [2.75, 3.05) is 39.8 Å². The molecule has 0 amide bonds. The Labute approximate surface area is 168 Å². The molecule has 1 fully saturated rings. The van der Waals surface area contributed by atoms with E-state index in [2.05, 4.69) is 45.0 Å². The standard InChI is InChI=1S/C18H32N4S.HI/c1-16(14-17-8-7-13-23-17)15-21-18(19-2)20-9-3-4-10-22-11-5-6-12-22;/h7-8,13,16H,3-6,9-12,14-15H2,1-2H3,(H2,19,20,21);1H. The average Bonchev–Trinajstić information content (AvgIpc) is 3.23. The largest absolute Gasteiger partial charge is 0.356 e. The third-order valence-corrected chi connectivity index (χ3v) is 5.26. The summed E-state index contributed by atoms with van der Waals surface area (Å²) in [5, 5.41) is 9.03. The molecule has 138 valence electrons. The lowest BCUT2D eigenvalue weighted by Crippen LogP contribution is -2.40. The van der Waals surface area contributed by atoms with E-state index < -0.39 is 0 Å². The van der Waals surface area contributed by atoms with Gasteiger partial charge < -0.3 is 15.5 Å². The Bertz CT molecular complexity index is 444. The number of nitrogens with zero attached hydrogens (tertiary/aromatic N) is 2. The fourth-order valence-corrected chi connectivity index (χ4v) is 3.88. The van der Waals surface area contributed by atoms with Crippen LogP contribution in [0.4, 0.5) is 0 Å². The Morgan fingerprint density at radius 3 is 2.75 bits per heavy atom. The molecule has 1 aromatic rings. The van der Waals surface area contributed by atoms with Crippen LogP contribution in [0.1, 0.15) is 37.5 Å². The Kier molecular flexibility index (Phi) is 11.7. The minimum absolute atomic E-state index is 0. The summed E-state index contributed by atoms with van der Waals surface area (Å²) in [5.41, 5.74) is 0. The van der Waals surface area contributed by atoms with Crippen molar-refractivity contribution in [1.29, 1.82) is 0 Å². The molecular weight excluding hydrogens is 431 g/mol. The van der Waals surface area contributed by atoms with Crippen molar-refractivity contribution in [3.63, 3.8) is 0 Å². The first-order valence-electron chi connectivity index (χ1n) is 8.97. The van der Waals surface area contributed by atoms with Crippen LogP contribution in [0.2, 0.25) is 0 Å². The Morgan fingerprint density at radius 2 is 2.08 bits per heavy atom. The van der Waals surface area contributed by atoms with E-state index in [-0.39, 0.29) is 24.0 Å². The van der Waals surface area contributed by atoms with Gasteiger partial charge >= 0.3 is 0 Å². The van der Waals surface area contributed by atoms with Gasteiger partial charge in [0.05, 0.1) is 0 Å². The number of hydrogen-bond acceptors (Lipinski definition) is 3. The molecule has 1 aliphatic heterocycles. The van der Waals surface area contributed by atoms with Gasteiger partial charge in [0.1, 0.15) is 0 Å². The van der Waals surface area contributed by atoms with E-state index in [0.717, 1.165) is 25.5 Å². The normalized spacial score (nSPS) is 16.7. The molecule has 0 aromatic carbocycles. The van der Waals surface area contributed by atoms with Gasteiger partial charge in [-0.1, -0.05) is 13.0 Å². The molecule has 0 saturated carbocycles. The SMILES string of the molecule is CN=C(NCCCCN1CCCC1)NCC(C)Cc1cccs1.I. The summed E-state index contributed by atoms with van der Waals surface area (Å²) in [6.07, 6.45) is 6.40. The first-order chi connectivity index (χ1) is 11.3. The van der Waals surface area contributed by atoms with E-state index in [1.807, 2.05) is 18.4 Å². The highest BCUT2D eigenvalue weighted by Gasteiger charge is 2.10. The average molecular weight is 464 g/mol. The zero-order valence-electron chi connectivity index (χ0n) is 15.1. The molecule has 1 aromatic heterocycles. The maximum atomic E-state index is 4.32. The van der Waals surface area contributed by atoms with Crippen molar-refractivity contribution in [2.45, 2.75) is 39.0 Å². The lowest BCUT2D eigenvalue weighted by molar-refractivity contribution is 0.330. The number of halogens is 1. The van der Waals surface area contributed by atoms with Crippen molar-refractivity contribution in [1.82, 2.24) is 15.5 Å². The second-order valence-electron chi connectivity index (χ2n) is 6.52. The van der Waals surface area contributed by atoms with Gasteiger partial charge in [0.2, 0.25) is 0 Å². The summed E-state index contributed by atoms with van der Waals surface area (Å²) in [5.74, 6) is 1.55. The molecular formula is C18H33IN4S. The lowest BCUT2D eigenvalue weighted by atomic mass is 10.1. The van der Waals surface area contributed by atoms with E-state index in [1.54, 1.807) is 0 Å². The maximum absolute atomic E-state index is 4.32. The molecule has 2 N–H and O–H groups in total. The second-order valence-corrected chi connectivity index (χ2v) is 7.56. The number of guanidine groups is 1. The third-order valence-electron chi connectivity index (χ3n) is 4.36. The fourth-order valence-electron chi connectivity index (χ4n) is 3.01. The van der Waals surface area contributed by atoms with E-state index in [4.69, 9.17) is 0 Å². The molecule has 0 spiro atoms. The van der Waals surface area contributed by atoms with Gasteiger partial charge in [0.15, 0.2) is 5.96 Å². The summed E-state index contributed by atoms with van der Waals surface area (Å²) >= 11 is 1.84. The van der Waals surface area contributed by atoms with Crippen LogP contribution in [-0.4, -0.2) is 50.6 Å². The molecule has 0 bridgehead atoms. The number of nitrogens with one attached hydrogen (secondary N) is 2. The predicted molar refractivity (Wildman–Crippen MR) is 117 cm³/mol. The van der Waals surface area contributed by atoms with Crippen LogP contribution >= 0.6 is 35.3 Å². The minimum Gasteiger partial charge on any atom is -0.356 e. The number of thiophene rings is 1. The molecule has 0 radical (unpaired) electrons. The van der Waals surface area contributed by atoms with Crippen molar-refractivity contribution in [3.8, 4) is 0 Å². The Balaban J connectivity index is 0.00000288. The summed E-state index contributed by atoms with van der Waals surface area (Å²) in [6, 6.07) is 4.34. The van der Waals surface area contributed by atoms with Gasteiger partial charge in [-0.25, -0.2) is 0 Å². The minimum atomic E-state index is 0. The lowest BCUT2D eigenvalue weighted by Gasteiger charge is -2.16. The van der Waals surface area contributed by atoms with Crippen LogP contribution in [0.3, 0.4) is 0 Å². The molecule has 6 heteroatoms. The van der Waals surface area contributed by atoms with E-state index in [0.29, 0.717) is 5.92 Å². The van der Waals surface area contributed by atoms with Gasteiger partial charge in [-0.3, -0.25) is 4.99 Å². The molecule has 4 nitrogen and oxygen atoms in total. The van der Waals surface area contributed by atoms with Crippen LogP contribution in [0.25, 0.3) is 0 Å². The van der Waals surface area contributed by atoms with Gasteiger partial charge in [-0.15, -0.1) is 35.3 Å². The first-order valence-corrected chi connectivity index (χ1v) is 9.85. The molecule has 1 unspecified atom stereocenters. The summed E-state index contributed by atoms with van der Waals surface area (Å²) in [4.78, 5) is 8.36. The number of likely N-dealkylation sites (tertiary alicyclic amines) is 1. The molecule has 1 aliphatic rings. The molecule has 1 atom stereocenters. The topological polar surface area (TPSA) is 39.7 Å². The van der Waals surface area contributed by atoms with Crippen LogP contribution in [0, 0.1) is 5.92 Å². The Morgan fingerprint density at radius 1 is 1.29 bits per heavy atom. The molecule has 1 saturated heterocycles. The van der Waals surface area contributed by atoms with Crippen LogP contribution in [0.15, 0.2) is 22.5 Å². The Hall–Kier alpha value is -0.340. The highest BCUT2D eigenvalue weighted by molar-refractivity contribution is 14.0. The van der Waals surface area contributed by atoms with Gasteiger partial charge in [0, 0.05) is 25.0 Å². The van der Waals surface area contributed by atoms with Crippen molar-refractivity contribution >= 4 is 41.3 Å². The van der Waals surface area contributed by atoms with Crippen molar-refractivity contribution in [2.24, 2.45) is 10.9 Å². The second kappa shape index (κ2) is 12.9. The summed E-state index contributed by atoms with van der Waals surface area (Å²) in [7, 11) is 1.85. The molecule has 0 aliphatic carbocycles. The smallest absolute Gasteiger partial charge is 0.190 e. The van der Waals surface area contributed by atoms with E-state index in [1.165, 1.54) is 50.2 Å². The van der Waals surface area contributed by atoms with Gasteiger partial charge in [-0.05, 0) is 69.1 Å². The summed E-state index contributed by atoms with van der Waals surface area (Å²) < 4.78 is 0.